The lowest BCUT2D eigenvalue weighted by Gasteiger charge is -1.97. The molecule has 1 saturated carbocycles. The summed E-state index contributed by atoms with van der Waals surface area (Å²) in [4.78, 5) is 0. The fourth-order valence-electron chi connectivity index (χ4n) is 1.33. The molecule has 3 heteroatoms. The molecule has 0 saturated heterocycles. The Balaban J connectivity index is 1.93. The van der Waals surface area contributed by atoms with Gasteiger partial charge in [-0.3, -0.25) is 4.68 Å². The maximum Gasteiger partial charge on any atom is 0.126 e. The highest BCUT2D eigenvalue weighted by molar-refractivity contribution is 14.1. The van der Waals surface area contributed by atoms with Crippen LogP contribution in [-0.4, -0.2) is 9.78 Å². The lowest BCUT2D eigenvalue weighted by molar-refractivity contribution is 0.544. The minimum atomic E-state index is 1.01. The standard InChI is InChI=1S/C9H13IN2/c1-7-6-12(11-9(7)10)5-4-8-2-3-8/h6,8H,2-5H2,1H3. The fraction of sp³-hybridized carbons (Fsp3) is 0.667. The quantitative estimate of drug-likeness (QED) is 0.776. The zero-order valence-corrected chi connectivity index (χ0v) is 9.41. The van der Waals surface area contributed by atoms with E-state index in [4.69, 9.17) is 0 Å². The molecule has 0 unspecified atom stereocenters. The van der Waals surface area contributed by atoms with Crippen molar-refractivity contribution >= 4 is 22.6 Å². The van der Waals surface area contributed by atoms with Gasteiger partial charge in [0.2, 0.25) is 0 Å². The van der Waals surface area contributed by atoms with Gasteiger partial charge >= 0.3 is 0 Å². The highest BCUT2D eigenvalue weighted by Gasteiger charge is 2.20. The summed E-state index contributed by atoms with van der Waals surface area (Å²) in [7, 11) is 0. The predicted molar refractivity (Wildman–Crippen MR) is 57.0 cm³/mol. The van der Waals surface area contributed by atoms with Gasteiger partial charge in [-0.1, -0.05) is 12.8 Å². The van der Waals surface area contributed by atoms with Crippen molar-refractivity contribution in [3.8, 4) is 0 Å². The molecule has 1 aliphatic carbocycles. The average molecular weight is 276 g/mol. The van der Waals surface area contributed by atoms with Crippen LogP contribution < -0.4 is 0 Å². The number of hydrogen-bond donors (Lipinski definition) is 0. The number of nitrogens with zero attached hydrogens (tertiary/aromatic N) is 2. The Morgan fingerprint density at radius 3 is 2.92 bits per heavy atom. The van der Waals surface area contributed by atoms with E-state index in [0.717, 1.165) is 16.2 Å². The van der Waals surface area contributed by atoms with E-state index in [0.29, 0.717) is 0 Å². The van der Waals surface area contributed by atoms with Crippen molar-refractivity contribution < 1.29 is 0 Å². The van der Waals surface area contributed by atoms with Crippen molar-refractivity contribution in [3.05, 3.63) is 15.5 Å². The number of aromatic nitrogens is 2. The molecule has 0 aromatic carbocycles. The smallest absolute Gasteiger partial charge is 0.126 e. The van der Waals surface area contributed by atoms with Gasteiger partial charge in [0.15, 0.2) is 0 Å². The monoisotopic (exact) mass is 276 g/mol. The summed E-state index contributed by atoms with van der Waals surface area (Å²) in [6, 6.07) is 0. The summed E-state index contributed by atoms with van der Waals surface area (Å²) in [5, 5.41) is 4.41. The molecule has 0 atom stereocenters. The first-order valence-corrected chi connectivity index (χ1v) is 5.53. The van der Waals surface area contributed by atoms with Crippen LogP contribution in [0, 0.1) is 16.5 Å². The summed E-state index contributed by atoms with van der Waals surface area (Å²) in [6.07, 6.45) is 6.34. The third-order valence-electron chi connectivity index (χ3n) is 2.35. The SMILES string of the molecule is Cc1cn(CCC2CC2)nc1I. The van der Waals surface area contributed by atoms with Gasteiger partial charge in [-0.2, -0.15) is 5.10 Å². The number of aryl methyl sites for hydroxylation is 2. The van der Waals surface area contributed by atoms with Gasteiger partial charge in [-0.25, -0.2) is 0 Å². The van der Waals surface area contributed by atoms with E-state index < -0.39 is 0 Å². The first-order valence-electron chi connectivity index (χ1n) is 4.45. The topological polar surface area (TPSA) is 17.8 Å². The second-order valence-electron chi connectivity index (χ2n) is 3.60. The minimum Gasteiger partial charge on any atom is -0.271 e. The maximum atomic E-state index is 4.41. The van der Waals surface area contributed by atoms with Crippen molar-refractivity contribution in [3.63, 3.8) is 0 Å². The van der Waals surface area contributed by atoms with Crippen LogP contribution in [0.5, 0.6) is 0 Å². The number of hydrogen-bond acceptors (Lipinski definition) is 1. The third-order valence-corrected chi connectivity index (χ3v) is 3.41. The van der Waals surface area contributed by atoms with E-state index in [1.807, 2.05) is 0 Å². The van der Waals surface area contributed by atoms with Gasteiger partial charge < -0.3 is 0 Å². The minimum absolute atomic E-state index is 1.01. The largest absolute Gasteiger partial charge is 0.271 e. The van der Waals surface area contributed by atoms with Gasteiger partial charge in [0.25, 0.3) is 0 Å². The molecule has 1 heterocycles. The zero-order chi connectivity index (χ0) is 8.55. The lowest BCUT2D eigenvalue weighted by Crippen LogP contribution is -1.99. The van der Waals surface area contributed by atoms with Gasteiger partial charge in [0.1, 0.15) is 3.70 Å². The normalized spacial score (nSPS) is 16.8. The van der Waals surface area contributed by atoms with Gasteiger partial charge in [0, 0.05) is 18.3 Å². The molecule has 1 aromatic rings. The molecule has 0 spiro atoms. The predicted octanol–water partition coefficient (Wildman–Crippen LogP) is 2.60. The van der Waals surface area contributed by atoms with Crippen LogP contribution in [0.1, 0.15) is 24.8 Å². The van der Waals surface area contributed by atoms with Gasteiger partial charge in [-0.05, 0) is 41.9 Å². The summed E-state index contributed by atoms with van der Waals surface area (Å²) in [6.45, 7) is 3.22. The molecule has 0 N–H and O–H groups in total. The molecular weight excluding hydrogens is 263 g/mol. The lowest BCUT2D eigenvalue weighted by atomic mass is 10.3. The molecule has 1 aliphatic rings. The van der Waals surface area contributed by atoms with E-state index in [9.17, 15) is 0 Å². The second-order valence-corrected chi connectivity index (χ2v) is 4.62. The molecule has 2 rings (SSSR count). The molecule has 0 bridgehead atoms. The van der Waals surface area contributed by atoms with E-state index in [1.54, 1.807) is 0 Å². The Labute approximate surface area is 86.5 Å². The van der Waals surface area contributed by atoms with E-state index in [-0.39, 0.29) is 0 Å². The summed E-state index contributed by atoms with van der Waals surface area (Å²) in [5.74, 6) is 1.01. The molecule has 0 radical (unpaired) electrons. The Kier molecular flexibility index (Phi) is 2.39. The number of halogens is 1. The van der Waals surface area contributed by atoms with Crippen LogP contribution in [0.15, 0.2) is 6.20 Å². The average Bonchev–Trinajstić information content (AvgIpc) is 2.78. The molecule has 1 fully saturated rings. The van der Waals surface area contributed by atoms with Crippen molar-refractivity contribution in [1.29, 1.82) is 0 Å². The summed E-state index contributed by atoms with van der Waals surface area (Å²) < 4.78 is 3.22. The van der Waals surface area contributed by atoms with Crippen molar-refractivity contribution in [2.45, 2.75) is 32.7 Å². The van der Waals surface area contributed by atoms with Crippen LogP contribution in [0.25, 0.3) is 0 Å². The fourth-order valence-corrected chi connectivity index (χ4v) is 1.75. The molecular formula is C9H13IN2. The van der Waals surface area contributed by atoms with Gasteiger partial charge in [-0.15, -0.1) is 0 Å². The van der Waals surface area contributed by atoms with Crippen LogP contribution >= 0.6 is 22.6 Å². The maximum absolute atomic E-state index is 4.41. The van der Waals surface area contributed by atoms with E-state index >= 15 is 0 Å². The third kappa shape index (κ3) is 2.00. The van der Waals surface area contributed by atoms with Crippen molar-refractivity contribution in [2.24, 2.45) is 5.92 Å². The Morgan fingerprint density at radius 2 is 2.42 bits per heavy atom. The van der Waals surface area contributed by atoms with E-state index in [2.05, 4.69) is 45.5 Å². The van der Waals surface area contributed by atoms with Crippen LogP contribution in [0.3, 0.4) is 0 Å². The summed E-state index contributed by atoms with van der Waals surface area (Å²) >= 11 is 2.29. The zero-order valence-electron chi connectivity index (χ0n) is 7.26. The molecule has 2 nitrogen and oxygen atoms in total. The second kappa shape index (κ2) is 3.36. The molecule has 0 amide bonds. The Bertz CT molecular complexity index is 257. The van der Waals surface area contributed by atoms with Crippen molar-refractivity contribution in [2.75, 3.05) is 0 Å². The highest BCUT2D eigenvalue weighted by atomic mass is 127. The summed E-state index contributed by atoms with van der Waals surface area (Å²) in [5.41, 5.74) is 1.30. The van der Waals surface area contributed by atoms with Gasteiger partial charge in [0.05, 0.1) is 0 Å². The first kappa shape index (κ1) is 8.53. The van der Waals surface area contributed by atoms with E-state index in [1.165, 1.54) is 24.8 Å². The van der Waals surface area contributed by atoms with Crippen LogP contribution in [0.2, 0.25) is 0 Å². The Morgan fingerprint density at radius 1 is 1.67 bits per heavy atom. The first-order chi connectivity index (χ1) is 5.75. The molecule has 66 valence electrons. The highest BCUT2D eigenvalue weighted by Crippen LogP contribution is 2.32. The van der Waals surface area contributed by atoms with Crippen LogP contribution in [0.4, 0.5) is 0 Å². The number of rotatable bonds is 3. The van der Waals surface area contributed by atoms with Crippen LogP contribution in [-0.2, 0) is 6.54 Å². The Hall–Kier alpha value is -0.0600. The molecule has 12 heavy (non-hydrogen) atoms. The molecule has 0 aliphatic heterocycles. The van der Waals surface area contributed by atoms with Crippen molar-refractivity contribution in [1.82, 2.24) is 9.78 Å². The molecule has 1 aromatic heterocycles.